The molecular formula is C33H28N4O3. The molecule has 198 valence electrons. The molecule has 0 saturated heterocycles. The Bertz CT molecular complexity index is 1720. The zero-order valence-corrected chi connectivity index (χ0v) is 22.8. The third-order valence-corrected chi connectivity index (χ3v) is 7.04. The van der Waals surface area contributed by atoms with E-state index in [0.29, 0.717) is 22.6 Å². The van der Waals surface area contributed by atoms with Crippen LogP contribution < -0.4 is 4.74 Å². The van der Waals surface area contributed by atoms with Crippen LogP contribution in [-0.4, -0.2) is 33.6 Å². The van der Waals surface area contributed by atoms with E-state index in [0.717, 1.165) is 32.8 Å². The number of imide groups is 1. The van der Waals surface area contributed by atoms with E-state index >= 15 is 0 Å². The molecule has 1 aromatic heterocycles. The molecular weight excluding hydrogens is 500 g/mol. The van der Waals surface area contributed by atoms with Crippen molar-refractivity contribution in [1.82, 2.24) is 14.7 Å². The number of nitriles is 1. The fourth-order valence-electron chi connectivity index (χ4n) is 4.75. The number of carbonyl (C=O) groups excluding carboxylic acids is 2. The molecule has 0 radical (unpaired) electrons. The Labute approximate surface area is 233 Å². The monoisotopic (exact) mass is 528 g/mol. The number of rotatable bonds is 6. The smallest absolute Gasteiger partial charge is 0.271 e. The average molecular weight is 529 g/mol. The number of carbonyl (C=O) groups is 2. The topological polar surface area (TPSA) is 88.2 Å². The van der Waals surface area contributed by atoms with Crippen LogP contribution in [0.3, 0.4) is 0 Å². The van der Waals surface area contributed by atoms with Gasteiger partial charge in [0.25, 0.3) is 11.8 Å². The maximum absolute atomic E-state index is 13.8. The number of aryl methyl sites for hydroxylation is 2. The lowest BCUT2D eigenvalue weighted by molar-refractivity contribution is -0.141. The van der Waals surface area contributed by atoms with E-state index in [1.54, 1.807) is 49.1 Å². The van der Waals surface area contributed by atoms with Crippen molar-refractivity contribution in [3.05, 3.63) is 118 Å². The maximum atomic E-state index is 13.8. The number of amides is 2. The first-order valence-corrected chi connectivity index (χ1v) is 12.9. The van der Waals surface area contributed by atoms with Gasteiger partial charge in [-0.15, -0.1) is 0 Å². The minimum Gasteiger partial charge on any atom is -0.497 e. The largest absolute Gasteiger partial charge is 0.497 e. The molecule has 40 heavy (non-hydrogen) atoms. The lowest BCUT2D eigenvalue weighted by Gasteiger charge is -2.27. The molecule has 7 heteroatoms. The molecule has 0 aliphatic carbocycles. The molecule has 1 aliphatic rings. The lowest BCUT2D eigenvalue weighted by atomic mass is 9.92. The van der Waals surface area contributed by atoms with Crippen molar-refractivity contribution in [1.29, 1.82) is 5.26 Å². The van der Waals surface area contributed by atoms with Crippen LogP contribution in [0.4, 0.5) is 0 Å². The Morgan fingerprint density at radius 1 is 0.950 bits per heavy atom. The number of nitrogens with zero attached hydrogens (tertiary/aromatic N) is 4. The van der Waals surface area contributed by atoms with E-state index in [1.807, 2.05) is 68.6 Å². The van der Waals surface area contributed by atoms with Crippen molar-refractivity contribution in [2.45, 2.75) is 27.3 Å². The molecule has 0 atom stereocenters. The second kappa shape index (κ2) is 10.9. The van der Waals surface area contributed by atoms with E-state index < -0.39 is 11.8 Å². The van der Waals surface area contributed by atoms with Crippen LogP contribution in [0.15, 0.2) is 95.7 Å². The van der Waals surface area contributed by atoms with Gasteiger partial charge < -0.3 is 4.74 Å². The highest BCUT2D eigenvalue weighted by Gasteiger charge is 2.35. The number of aromatic nitrogens is 2. The Morgan fingerprint density at radius 3 is 2.35 bits per heavy atom. The van der Waals surface area contributed by atoms with Gasteiger partial charge in [0.2, 0.25) is 0 Å². The first-order valence-electron chi connectivity index (χ1n) is 12.9. The van der Waals surface area contributed by atoms with Crippen LogP contribution in [0.5, 0.6) is 5.75 Å². The highest BCUT2D eigenvalue weighted by molar-refractivity contribution is 6.19. The van der Waals surface area contributed by atoms with Gasteiger partial charge in [-0.25, -0.2) is 4.68 Å². The standard InChI is InChI=1S/C33H28N4O3/c1-21-10-11-22(2)28(16-21)31-25(20-37(35-31)26-8-6-5-7-9-26)17-29-23(3)30(18-34)33(39)36(32(29)38)19-24-12-14-27(40-4)15-13-24/h5-17,20H,19H2,1-4H3/b29-17+. The summed E-state index contributed by atoms with van der Waals surface area (Å²) in [6.07, 6.45) is 3.61. The lowest BCUT2D eigenvalue weighted by Crippen LogP contribution is -2.42. The van der Waals surface area contributed by atoms with E-state index in [2.05, 4.69) is 6.07 Å². The first-order chi connectivity index (χ1) is 19.3. The van der Waals surface area contributed by atoms with Crippen LogP contribution in [0.1, 0.15) is 29.2 Å². The van der Waals surface area contributed by atoms with Gasteiger partial charge in [0.05, 0.1) is 19.3 Å². The summed E-state index contributed by atoms with van der Waals surface area (Å²) in [5.41, 5.74) is 6.67. The summed E-state index contributed by atoms with van der Waals surface area (Å²) in [6, 6.07) is 25.0. The molecule has 2 heterocycles. The molecule has 0 fully saturated rings. The number of ether oxygens (including phenoxy) is 1. The summed E-state index contributed by atoms with van der Waals surface area (Å²) in [5, 5.41) is 14.8. The molecule has 7 nitrogen and oxygen atoms in total. The van der Waals surface area contributed by atoms with Crippen molar-refractivity contribution < 1.29 is 14.3 Å². The zero-order chi connectivity index (χ0) is 28.4. The number of hydrogen-bond acceptors (Lipinski definition) is 5. The van der Waals surface area contributed by atoms with Crippen LogP contribution >= 0.6 is 0 Å². The molecule has 0 N–H and O–H groups in total. The highest BCUT2D eigenvalue weighted by Crippen LogP contribution is 2.33. The summed E-state index contributed by atoms with van der Waals surface area (Å²) < 4.78 is 6.99. The fraction of sp³-hybridized carbons (Fsp3) is 0.152. The van der Waals surface area contributed by atoms with Gasteiger partial charge in [-0.1, -0.05) is 48.0 Å². The second-order valence-corrected chi connectivity index (χ2v) is 9.75. The van der Waals surface area contributed by atoms with E-state index in [-0.39, 0.29) is 17.7 Å². The number of hydrogen-bond donors (Lipinski definition) is 0. The maximum Gasteiger partial charge on any atom is 0.271 e. The SMILES string of the molecule is COc1ccc(CN2C(=O)C(C#N)=C(C)/C(=C\c3cn(-c4ccccc4)nc3-c3cc(C)ccc3C)C2=O)cc1. The number of para-hydroxylation sites is 1. The summed E-state index contributed by atoms with van der Waals surface area (Å²) >= 11 is 0. The highest BCUT2D eigenvalue weighted by atomic mass is 16.5. The molecule has 0 saturated carbocycles. The predicted molar refractivity (Wildman–Crippen MR) is 153 cm³/mol. The third kappa shape index (κ3) is 4.95. The van der Waals surface area contributed by atoms with Crippen molar-refractivity contribution in [2.75, 3.05) is 7.11 Å². The van der Waals surface area contributed by atoms with Gasteiger partial charge in [-0.05, 0) is 73.9 Å². The fourth-order valence-corrected chi connectivity index (χ4v) is 4.75. The summed E-state index contributed by atoms with van der Waals surface area (Å²) in [7, 11) is 1.57. The van der Waals surface area contributed by atoms with Crippen molar-refractivity contribution in [3.8, 4) is 28.8 Å². The molecule has 0 bridgehead atoms. The van der Waals surface area contributed by atoms with Gasteiger partial charge in [-0.3, -0.25) is 14.5 Å². The van der Waals surface area contributed by atoms with Gasteiger partial charge >= 0.3 is 0 Å². The second-order valence-electron chi connectivity index (χ2n) is 9.75. The quantitative estimate of drug-likeness (QED) is 0.228. The Kier molecular flexibility index (Phi) is 7.17. The molecule has 0 unspecified atom stereocenters. The summed E-state index contributed by atoms with van der Waals surface area (Å²) in [5.74, 6) is -0.395. The minimum atomic E-state index is -0.604. The molecule has 2 amide bonds. The van der Waals surface area contributed by atoms with E-state index in [9.17, 15) is 14.9 Å². The third-order valence-electron chi connectivity index (χ3n) is 7.04. The molecule has 0 spiro atoms. The molecule has 3 aromatic carbocycles. The van der Waals surface area contributed by atoms with Crippen LogP contribution in [0.2, 0.25) is 0 Å². The first kappa shape index (κ1) is 26.4. The average Bonchev–Trinajstić information content (AvgIpc) is 3.39. The summed E-state index contributed by atoms with van der Waals surface area (Å²) in [6.45, 7) is 5.72. The zero-order valence-electron chi connectivity index (χ0n) is 22.8. The minimum absolute atomic E-state index is 0.0323. The number of methoxy groups -OCH3 is 1. The van der Waals surface area contributed by atoms with Crippen LogP contribution in [-0.2, 0) is 16.1 Å². The molecule has 4 aromatic rings. The van der Waals surface area contributed by atoms with Crippen LogP contribution in [0.25, 0.3) is 23.0 Å². The van der Waals surface area contributed by atoms with E-state index in [4.69, 9.17) is 9.84 Å². The Balaban J connectivity index is 1.65. The number of benzene rings is 3. The van der Waals surface area contributed by atoms with Gasteiger partial charge in [0, 0.05) is 22.9 Å². The van der Waals surface area contributed by atoms with Gasteiger partial charge in [0.1, 0.15) is 23.1 Å². The van der Waals surface area contributed by atoms with E-state index in [1.165, 1.54) is 0 Å². The molecule has 5 rings (SSSR count). The molecule has 1 aliphatic heterocycles. The normalized spacial score (nSPS) is 14.6. The van der Waals surface area contributed by atoms with Crippen LogP contribution in [0, 0.1) is 25.2 Å². The summed E-state index contributed by atoms with van der Waals surface area (Å²) in [4.78, 5) is 28.2. The van der Waals surface area contributed by atoms with Crippen molar-refractivity contribution >= 4 is 17.9 Å². The van der Waals surface area contributed by atoms with Gasteiger partial charge in [-0.2, -0.15) is 10.4 Å². The van der Waals surface area contributed by atoms with Gasteiger partial charge in [0.15, 0.2) is 0 Å². The predicted octanol–water partition coefficient (Wildman–Crippen LogP) is 5.96. The van der Waals surface area contributed by atoms with Crippen molar-refractivity contribution in [2.24, 2.45) is 0 Å². The Morgan fingerprint density at radius 2 is 1.68 bits per heavy atom. The van der Waals surface area contributed by atoms with Crippen molar-refractivity contribution in [3.63, 3.8) is 0 Å². The Hall–Kier alpha value is -5.22.